The van der Waals surface area contributed by atoms with Gasteiger partial charge < -0.3 is 15.7 Å². The van der Waals surface area contributed by atoms with Gasteiger partial charge in [-0.25, -0.2) is 4.79 Å². The number of carbonyl (C=O) groups is 3. The molecule has 0 heterocycles. The lowest BCUT2D eigenvalue weighted by Crippen LogP contribution is -2.49. The fraction of sp³-hybridized carbons (Fsp3) is 0.786. The van der Waals surface area contributed by atoms with Crippen molar-refractivity contribution in [2.45, 2.75) is 46.6 Å². The smallest absolute Gasteiger partial charge is 0.326 e. The summed E-state index contributed by atoms with van der Waals surface area (Å²) in [6.45, 7) is 7.51. The van der Waals surface area contributed by atoms with E-state index < -0.39 is 17.4 Å². The van der Waals surface area contributed by atoms with Crippen LogP contribution in [0.2, 0.25) is 0 Å². The average Bonchev–Trinajstić information content (AvgIpc) is 3.01. The van der Waals surface area contributed by atoms with Gasteiger partial charge in [-0.05, 0) is 17.8 Å². The number of carboxylic acids is 1. The molecule has 1 saturated carbocycles. The summed E-state index contributed by atoms with van der Waals surface area (Å²) in [5.41, 5.74) is -0.561. The Morgan fingerprint density at radius 2 is 1.85 bits per heavy atom. The van der Waals surface area contributed by atoms with Crippen molar-refractivity contribution in [2.75, 3.05) is 6.54 Å². The monoisotopic (exact) mass is 284 g/mol. The number of nitrogens with one attached hydrogen (secondary N) is 2. The molecule has 1 fully saturated rings. The Kier molecular flexibility index (Phi) is 5.14. The molecule has 1 aliphatic rings. The van der Waals surface area contributed by atoms with Crippen LogP contribution in [-0.2, 0) is 14.4 Å². The Labute approximate surface area is 119 Å². The molecule has 0 aromatic heterocycles. The van der Waals surface area contributed by atoms with Crippen molar-refractivity contribution in [2.24, 2.45) is 17.3 Å². The van der Waals surface area contributed by atoms with E-state index in [1.807, 2.05) is 6.92 Å². The molecule has 0 bridgehead atoms. The van der Waals surface area contributed by atoms with E-state index in [1.165, 1.54) is 0 Å². The minimum Gasteiger partial charge on any atom is -0.480 e. The van der Waals surface area contributed by atoms with E-state index in [9.17, 15) is 14.4 Å². The van der Waals surface area contributed by atoms with Crippen LogP contribution in [0.15, 0.2) is 0 Å². The first-order chi connectivity index (χ1) is 9.12. The Morgan fingerprint density at radius 1 is 1.30 bits per heavy atom. The van der Waals surface area contributed by atoms with Gasteiger partial charge in [-0.15, -0.1) is 0 Å². The maximum atomic E-state index is 11.7. The molecule has 2 amide bonds. The molecule has 0 radical (unpaired) electrons. The molecule has 3 N–H and O–H groups in total. The quantitative estimate of drug-likeness (QED) is 0.671. The van der Waals surface area contributed by atoms with E-state index in [4.69, 9.17) is 5.11 Å². The van der Waals surface area contributed by atoms with Gasteiger partial charge in [0.2, 0.25) is 11.8 Å². The van der Waals surface area contributed by atoms with Crippen molar-refractivity contribution in [3.05, 3.63) is 0 Å². The Morgan fingerprint density at radius 3 is 2.25 bits per heavy atom. The molecule has 1 rings (SSSR count). The van der Waals surface area contributed by atoms with Crippen LogP contribution in [0.1, 0.15) is 40.5 Å². The van der Waals surface area contributed by atoms with Gasteiger partial charge in [0.05, 0.1) is 0 Å². The summed E-state index contributed by atoms with van der Waals surface area (Å²) in [5.74, 6) is -0.922. The second-order valence-electron chi connectivity index (χ2n) is 6.57. The van der Waals surface area contributed by atoms with Gasteiger partial charge in [0.1, 0.15) is 6.04 Å². The zero-order chi connectivity index (χ0) is 15.5. The number of aliphatic carboxylic acids is 1. The van der Waals surface area contributed by atoms with Crippen LogP contribution < -0.4 is 10.6 Å². The summed E-state index contributed by atoms with van der Waals surface area (Å²) >= 11 is 0. The van der Waals surface area contributed by atoms with Crippen molar-refractivity contribution in [3.8, 4) is 0 Å². The van der Waals surface area contributed by atoms with Gasteiger partial charge in [-0.3, -0.25) is 9.59 Å². The molecule has 20 heavy (non-hydrogen) atoms. The van der Waals surface area contributed by atoms with Gasteiger partial charge in [-0.2, -0.15) is 0 Å². The normalized spacial score (nSPS) is 22.8. The predicted octanol–water partition coefficient (Wildman–Crippen LogP) is 0.764. The Hall–Kier alpha value is -1.59. The third kappa shape index (κ3) is 4.83. The summed E-state index contributed by atoms with van der Waals surface area (Å²) in [6, 6.07) is -0.936. The molecule has 2 unspecified atom stereocenters. The van der Waals surface area contributed by atoms with Gasteiger partial charge >= 0.3 is 5.97 Å². The first-order valence-corrected chi connectivity index (χ1v) is 6.92. The summed E-state index contributed by atoms with van der Waals surface area (Å²) in [5, 5.41) is 14.3. The second-order valence-corrected chi connectivity index (χ2v) is 6.57. The lowest BCUT2D eigenvalue weighted by Gasteiger charge is -2.27. The largest absolute Gasteiger partial charge is 0.480 e. The van der Waals surface area contributed by atoms with Crippen LogP contribution in [0, 0.1) is 17.3 Å². The second kappa shape index (κ2) is 6.24. The zero-order valence-electron chi connectivity index (χ0n) is 12.5. The predicted molar refractivity (Wildman–Crippen MR) is 73.9 cm³/mol. The van der Waals surface area contributed by atoms with E-state index in [-0.39, 0.29) is 30.7 Å². The van der Waals surface area contributed by atoms with Crippen molar-refractivity contribution >= 4 is 17.8 Å². The summed E-state index contributed by atoms with van der Waals surface area (Å²) in [7, 11) is 0. The Bertz CT molecular complexity index is 400. The average molecular weight is 284 g/mol. The van der Waals surface area contributed by atoms with E-state index in [1.54, 1.807) is 20.8 Å². The maximum absolute atomic E-state index is 11.7. The highest BCUT2D eigenvalue weighted by atomic mass is 16.4. The molecule has 0 saturated heterocycles. The number of rotatable bonds is 6. The van der Waals surface area contributed by atoms with Crippen LogP contribution in [-0.4, -0.2) is 35.5 Å². The summed E-state index contributed by atoms with van der Waals surface area (Å²) in [4.78, 5) is 34.4. The van der Waals surface area contributed by atoms with Crippen molar-refractivity contribution in [1.29, 1.82) is 0 Å². The summed E-state index contributed by atoms with van der Waals surface area (Å²) in [6.07, 6.45) is 0.996. The van der Waals surface area contributed by atoms with Crippen LogP contribution in [0.5, 0.6) is 0 Å². The molecule has 0 aromatic rings. The van der Waals surface area contributed by atoms with E-state index in [0.29, 0.717) is 5.92 Å². The molecule has 0 spiro atoms. The molecule has 1 aliphatic carbocycles. The molecule has 6 nitrogen and oxygen atoms in total. The number of carboxylic acid groups (broad SMARTS) is 1. The van der Waals surface area contributed by atoms with Crippen molar-refractivity contribution < 1.29 is 19.5 Å². The summed E-state index contributed by atoms with van der Waals surface area (Å²) < 4.78 is 0. The van der Waals surface area contributed by atoms with Crippen LogP contribution in [0.4, 0.5) is 0 Å². The fourth-order valence-corrected chi connectivity index (χ4v) is 2.00. The molecule has 6 heteroatoms. The van der Waals surface area contributed by atoms with Crippen molar-refractivity contribution in [3.63, 3.8) is 0 Å². The number of amides is 2. The van der Waals surface area contributed by atoms with E-state index in [2.05, 4.69) is 10.6 Å². The SMILES string of the molecule is CC1CC1C(=O)NCCC(=O)N[C@H](C(=O)O)C(C)(C)C. The minimum absolute atomic E-state index is 0.0177. The zero-order valence-corrected chi connectivity index (χ0v) is 12.5. The van der Waals surface area contributed by atoms with E-state index in [0.717, 1.165) is 6.42 Å². The number of hydrogen-bond acceptors (Lipinski definition) is 3. The number of carbonyl (C=O) groups excluding carboxylic acids is 2. The van der Waals surface area contributed by atoms with Crippen LogP contribution >= 0.6 is 0 Å². The minimum atomic E-state index is -1.05. The maximum Gasteiger partial charge on any atom is 0.326 e. The first kappa shape index (κ1) is 16.5. The third-order valence-corrected chi connectivity index (χ3v) is 3.52. The highest BCUT2D eigenvalue weighted by molar-refractivity contribution is 5.85. The fourth-order valence-electron chi connectivity index (χ4n) is 2.00. The lowest BCUT2D eigenvalue weighted by atomic mass is 9.86. The molecule has 0 aromatic carbocycles. The molecule has 0 aliphatic heterocycles. The topological polar surface area (TPSA) is 95.5 Å². The molecular formula is C14H24N2O4. The first-order valence-electron chi connectivity index (χ1n) is 6.92. The molecule has 3 atom stereocenters. The van der Waals surface area contributed by atoms with Gasteiger partial charge in [-0.1, -0.05) is 27.7 Å². The van der Waals surface area contributed by atoms with Crippen molar-refractivity contribution in [1.82, 2.24) is 10.6 Å². The van der Waals surface area contributed by atoms with Crippen LogP contribution in [0.25, 0.3) is 0 Å². The van der Waals surface area contributed by atoms with Gasteiger partial charge in [0.25, 0.3) is 0 Å². The third-order valence-electron chi connectivity index (χ3n) is 3.52. The van der Waals surface area contributed by atoms with E-state index >= 15 is 0 Å². The standard InChI is InChI=1S/C14H24N2O4/c1-8-7-9(8)12(18)15-6-5-10(17)16-11(13(19)20)14(2,3)4/h8-9,11H,5-7H2,1-4H3,(H,15,18)(H,16,17)(H,19,20)/t8?,9?,11-/m1/s1. The molecule has 114 valence electrons. The highest BCUT2D eigenvalue weighted by Crippen LogP contribution is 2.37. The number of hydrogen-bond donors (Lipinski definition) is 3. The van der Waals surface area contributed by atoms with Gasteiger partial charge in [0, 0.05) is 18.9 Å². The molecular weight excluding hydrogens is 260 g/mol. The lowest BCUT2D eigenvalue weighted by molar-refractivity contribution is -0.145. The van der Waals surface area contributed by atoms with Crippen LogP contribution in [0.3, 0.4) is 0 Å². The highest BCUT2D eigenvalue weighted by Gasteiger charge is 2.38. The Balaban J connectivity index is 2.32. The van der Waals surface area contributed by atoms with Gasteiger partial charge in [0.15, 0.2) is 0 Å².